The van der Waals surface area contributed by atoms with E-state index in [2.05, 4.69) is 30.7 Å². The van der Waals surface area contributed by atoms with Crippen LogP contribution in [0.25, 0.3) is 0 Å². The molecule has 1 aromatic rings. The molecule has 3 nitrogen and oxygen atoms in total. The van der Waals surface area contributed by atoms with E-state index < -0.39 is 0 Å². The number of hydrogen-bond acceptors (Lipinski definition) is 2. The first-order valence-corrected chi connectivity index (χ1v) is 7.43. The zero-order valence-corrected chi connectivity index (χ0v) is 13.0. The van der Waals surface area contributed by atoms with Gasteiger partial charge in [0.25, 0.3) is 0 Å². The summed E-state index contributed by atoms with van der Waals surface area (Å²) in [5.74, 6) is 0.234. The van der Waals surface area contributed by atoms with Gasteiger partial charge in [-0.1, -0.05) is 20.3 Å². The standard InChI is InChI=1S/C16H28N2O/c1-6-8-9-18(13(4)7-2)11-16(19)15-10-12(3)17-14(15)5/h10,13,17H,6-9,11H2,1-5H3. The van der Waals surface area contributed by atoms with Crippen LogP contribution in [-0.2, 0) is 0 Å². The second-order valence-corrected chi connectivity index (χ2v) is 5.50. The fraction of sp³-hybridized carbons (Fsp3) is 0.688. The monoisotopic (exact) mass is 264 g/mol. The number of ketones is 1. The maximum atomic E-state index is 12.4. The summed E-state index contributed by atoms with van der Waals surface area (Å²) >= 11 is 0. The van der Waals surface area contributed by atoms with Crippen LogP contribution in [0.5, 0.6) is 0 Å². The number of aryl methyl sites for hydroxylation is 2. The van der Waals surface area contributed by atoms with Crippen molar-refractivity contribution in [2.75, 3.05) is 13.1 Å². The minimum atomic E-state index is 0.234. The average Bonchev–Trinajstić information content (AvgIpc) is 2.72. The van der Waals surface area contributed by atoms with E-state index in [1.165, 1.54) is 6.42 Å². The van der Waals surface area contributed by atoms with E-state index in [4.69, 9.17) is 0 Å². The summed E-state index contributed by atoms with van der Waals surface area (Å²) in [6, 6.07) is 2.43. The Balaban J connectivity index is 2.72. The van der Waals surface area contributed by atoms with Crippen LogP contribution in [0.3, 0.4) is 0 Å². The van der Waals surface area contributed by atoms with E-state index in [0.717, 1.165) is 36.3 Å². The lowest BCUT2D eigenvalue weighted by molar-refractivity contribution is 0.0894. The van der Waals surface area contributed by atoms with E-state index >= 15 is 0 Å². The van der Waals surface area contributed by atoms with Gasteiger partial charge in [0, 0.05) is 23.0 Å². The van der Waals surface area contributed by atoms with Crippen molar-refractivity contribution in [1.82, 2.24) is 9.88 Å². The molecule has 0 aliphatic carbocycles. The minimum absolute atomic E-state index is 0.234. The topological polar surface area (TPSA) is 36.1 Å². The summed E-state index contributed by atoms with van der Waals surface area (Å²) < 4.78 is 0. The van der Waals surface area contributed by atoms with Crippen molar-refractivity contribution in [3.63, 3.8) is 0 Å². The molecule has 108 valence electrons. The number of unbranched alkanes of at least 4 members (excludes halogenated alkanes) is 1. The van der Waals surface area contributed by atoms with Gasteiger partial charge in [-0.3, -0.25) is 9.69 Å². The molecular formula is C16H28N2O. The normalized spacial score (nSPS) is 12.9. The number of carbonyl (C=O) groups is 1. The zero-order chi connectivity index (χ0) is 14.4. The molecule has 0 saturated carbocycles. The third-order valence-corrected chi connectivity index (χ3v) is 3.81. The Morgan fingerprint density at radius 1 is 1.37 bits per heavy atom. The van der Waals surface area contributed by atoms with Crippen molar-refractivity contribution in [3.8, 4) is 0 Å². The van der Waals surface area contributed by atoms with E-state index in [1.807, 2.05) is 19.9 Å². The van der Waals surface area contributed by atoms with Gasteiger partial charge in [-0.25, -0.2) is 0 Å². The quantitative estimate of drug-likeness (QED) is 0.726. The van der Waals surface area contributed by atoms with Crippen molar-refractivity contribution < 1.29 is 4.79 Å². The lowest BCUT2D eigenvalue weighted by Gasteiger charge is -2.27. The largest absolute Gasteiger partial charge is 0.362 e. The molecule has 19 heavy (non-hydrogen) atoms. The van der Waals surface area contributed by atoms with Crippen LogP contribution in [-0.4, -0.2) is 34.8 Å². The number of H-pyrrole nitrogens is 1. The first-order valence-electron chi connectivity index (χ1n) is 7.43. The maximum absolute atomic E-state index is 12.4. The Labute approximate surface area is 117 Å². The van der Waals surface area contributed by atoms with Gasteiger partial charge in [0.1, 0.15) is 0 Å². The molecule has 1 atom stereocenters. The SMILES string of the molecule is CCCCN(CC(=O)c1cc(C)[nH]c1C)C(C)CC. The van der Waals surface area contributed by atoms with Crippen molar-refractivity contribution in [3.05, 3.63) is 23.0 Å². The number of aromatic amines is 1. The highest BCUT2D eigenvalue weighted by Crippen LogP contribution is 2.13. The number of nitrogens with zero attached hydrogens (tertiary/aromatic N) is 1. The van der Waals surface area contributed by atoms with Crippen molar-refractivity contribution in [2.45, 2.75) is 59.9 Å². The van der Waals surface area contributed by atoms with Gasteiger partial charge in [0.2, 0.25) is 0 Å². The van der Waals surface area contributed by atoms with Crippen LogP contribution in [0.2, 0.25) is 0 Å². The van der Waals surface area contributed by atoms with Crippen molar-refractivity contribution in [1.29, 1.82) is 0 Å². The molecule has 0 bridgehead atoms. The molecule has 1 unspecified atom stereocenters. The summed E-state index contributed by atoms with van der Waals surface area (Å²) in [4.78, 5) is 17.9. The summed E-state index contributed by atoms with van der Waals surface area (Å²) in [6.07, 6.45) is 3.41. The minimum Gasteiger partial charge on any atom is -0.362 e. The van der Waals surface area contributed by atoms with Crippen LogP contribution in [0.1, 0.15) is 61.8 Å². The Morgan fingerprint density at radius 2 is 2.05 bits per heavy atom. The molecule has 1 N–H and O–H groups in total. The summed E-state index contributed by atoms with van der Waals surface area (Å²) in [7, 11) is 0. The van der Waals surface area contributed by atoms with Crippen LogP contribution >= 0.6 is 0 Å². The van der Waals surface area contributed by atoms with Gasteiger partial charge >= 0.3 is 0 Å². The Hall–Kier alpha value is -1.09. The van der Waals surface area contributed by atoms with E-state index in [0.29, 0.717) is 12.6 Å². The number of rotatable bonds is 8. The second kappa shape index (κ2) is 7.49. The van der Waals surface area contributed by atoms with Gasteiger partial charge in [0.05, 0.1) is 6.54 Å². The molecule has 0 spiro atoms. The molecule has 0 aliphatic heterocycles. The molecular weight excluding hydrogens is 236 g/mol. The van der Waals surface area contributed by atoms with Crippen LogP contribution < -0.4 is 0 Å². The average molecular weight is 264 g/mol. The molecule has 1 heterocycles. The fourth-order valence-corrected chi connectivity index (χ4v) is 2.36. The van der Waals surface area contributed by atoms with E-state index in [1.54, 1.807) is 0 Å². The highest BCUT2D eigenvalue weighted by atomic mass is 16.1. The maximum Gasteiger partial charge on any atom is 0.178 e. The first kappa shape index (κ1) is 16.0. The Bertz CT molecular complexity index is 409. The number of nitrogens with one attached hydrogen (secondary N) is 1. The van der Waals surface area contributed by atoms with E-state index in [-0.39, 0.29) is 5.78 Å². The van der Waals surface area contributed by atoms with Crippen LogP contribution in [0.4, 0.5) is 0 Å². The highest BCUT2D eigenvalue weighted by Gasteiger charge is 2.18. The third-order valence-electron chi connectivity index (χ3n) is 3.81. The summed E-state index contributed by atoms with van der Waals surface area (Å²) in [5, 5.41) is 0. The van der Waals surface area contributed by atoms with Gasteiger partial charge in [0.15, 0.2) is 5.78 Å². The van der Waals surface area contributed by atoms with Crippen molar-refractivity contribution in [2.24, 2.45) is 0 Å². The smallest absolute Gasteiger partial charge is 0.178 e. The Kier molecular flexibility index (Phi) is 6.29. The predicted octanol–water partition coefficient (Wildman–Crippen LogP) is 3.71. The number of aromatic nitrogens is 1. The molecule has 3 heteroatoms. The zero-order valence-electron chi connectivity index (χ0n) is 13.0. The number of carbonyl (C=O) groups excluding carboxylic acids is 1. The molecule has 0 fully saturated rings. The first-order chi connectivity index (χ1) is 8.99. The van der Waals surface area contributed by atoms with Gasteiger partial charge in [-0.05, 0) is 46.2 Å². The molecule has 1 aromatic heterocycles. The molecule has 1 rings (SSSR count). The third kappa shape index (κ3) is 4.50. The second-order valence-electron chi connectivity index (χ2n) is 5.50. The highest BCUT2D eigenvalue weighted by molar-refractivity contribution is 5.98. The molecule has 0 aliphatic rings. The fourth-order valence-electron chi connectivity index (χ4n) is 2.36. The molecule has 0 amide bonds. The number of hydrogen-bond donors (Lipinski definition) is 1. The Morgan fingerprint density at radius 3 is 2.53 bits per heavy atom. The van der Waals surface area contributed by atoms with Crippen LogP contribution in [0.15, 0.2) is 6.07 Å². The lowest BCUT2D eigenvalue weighted by atomic mass is 10.1. The van der Waals surface area contributed by atoms with Gasteiger partial charge in [-0.15, -0.1) is 0 Å². The molecule has 0 aromatic carbocycles. The van der Waals surface area contributed by atoms with Crippen LogP contribution in [0, 0.1) is 13.8 Å². The lowest BCUT2D eigenvalue weighted by Crippen LogP contribution is -2.37. The summed E-state index contributed by atoms with van der Waals surface area (Å²) in [5.41, 5.74) is 2.90. The molecule has 0 radical (unpaired) electrons. The van der Waals surface area contributed by atoms with Gasteiger partial charge < -0.3 is 4.98 Å². The summed E-state index contributed by atoms with van der Waals surface area (Å²) in [6.45, 7) is 12.1. The van der Waals surface area contributed by atoms with Gasteiger partial charge in [-0.2, -0.15) is 0 Å². The van der Waals surface area contributed by atoms with E-state index in [9.17, 15) is 4.79 Å². The molecule has 0 saturated heterocycles. The number of Topliss-reactive ketones (excluding diaryl/α,β-unsaturated/α-hetero) is 1. The van der Waals surface area contributed by atoms with Crippen molar-refractivity contribution >= 4 is 5.78 Å². The predicted molar refractivity (Wildman–Crippen MR) is 80.8 cm³/mol.